The largest absolute Gasteiger partial charge is 0.490 e. The third-order valence-corrected chi connectivity index (χ3v) is 10.8. The summed E-state index contributed by atoms with van der Waals surface area (Å²) in [4.78, 5) is 28.9. The fourth-order valence-electron chi connectivity index (χ4n) is 7.65. The van der Waals surface area contributed by atoms with E-state index in [1.165, 1.54) is 11.1 Å². The second-order valence-corrected chi connectivity index (χ2v) is 15.2. The summed E-state index contributed by atoms with van der Waals surface area (Å²) in [6.07, 6.45) is 2.26. The van der Waals surface area contributed by atoms with Crippen molar-refractivity contribution in [1.29, 1.82) is 0 Å². The van der Waals surface area contributed by atoms with E-state index in [9.17, 15) is 9.59 Å². The van der Waals surface area contributed by atoms with Gasteiger partial charge in [0, 0.05) is 46.3 Å². The molecule has 8 nitrogen and oxygen atoms in total. The van der Waals surface area contributed by atoms with Crippen LogP contribution < -0.4 is 28.7 Å². The van der Waals surface area contributed by atoms with Gasteiger partial charge in [-0.1, -0.05) is 84.9 Å². The Bertz CT molecular complexity index is 2830. The lowest BCUT2D eigenvalue weighted by Crippen LogP contribution is -2.10. The summed E-state index contributed by atoms with van der Waals surface area (Å²) in [6, 6.07) is 54.0. The minimum Gasteiger partial charge on any atom is -0.490 e. The van der Waals surface area contributed by atoms with E-state index in [0.29, 0.717) is 36.2 Å². The maximum absolute atomic E-state index is 12.2. The van der Waals surface area contributed by atoms with Crippen LogP contribution in [0.5, 0.6) is 23.0 Å². The van der Waals surface area contributed by atoms with Crippen LogP contribution in [-0.2, 0) is 9.59 Å². The molecule has 0 N–H and O–H groups in total. The van der Waals surface area contributed by atoms with Gasteiger partial charge < -0.3 is 28.7 Å². The van der Waals surface area contributed by atoms with E-state index >= 15 is 0 Å². The summed E-state index contributed by atoms with van der Waals surface area (Å²) in [5.74, 6) is 0.415. The molecule has 318 valence electrons. The SMILES string of the molecule is C=CC(=O)Oc1cc2ccc(N(c3ccc(-c4ccc(N(c5ccc(C)cc5)c5ccc(C)cc5)cc4)cc3)c3ccc4cc(OC(=O)C=C)c(OCC)cc4c3)cc2cc1OCC. The molecule has 0 atom stereocenters. The molecule has 0 aliphatic heterocycles. The number of ether oxygens (including phenoxy) is 4. The van der Waals surface area contributed by atoms with Crippen LogP contribution >= 0.6 is 0 Å². The Morgan fingerprint density at radius 1 is 0.422 bits per heavy atom. The first-order chi connectivity index (χ1) is 31.1. The van der Waals surface area contributed by atoms with E-state index in [1.807, 2.05) is 50.2 Å². The second kappa shape index (κ2) is 18.9. The number of esters is 2. The first kappa shape index (κ1) is 42.6. The smallest absolute Gasteiger partial charge is 0.335 e. The topological polar surface area (TPSA) is 77.5 Å². The summed E-state index contributed by atoms with van der Waals surface area (Å²) in [5.41, 5.74) is 10.5. The molecule has 0 unspecified atom stereocenters. The average molecular weight is 845 g/mol. The van der Waals surface area contributed by atoms with Gasteiger partial charge in [0.25, 0.3) is 0 Å². The van der Waals surface area contributed by atoms with E-state index in [4.69, 9.17) is 18.9 Å². The second-order valence-electron chi connectivity index (χ2n) is 15.2. The number of rotatable bonds is 15. The van der Waals surface area contributed by atoms with Crippen LogP contribution in [0.2, 0.25) is 0 Å². The molecule has 0 aliphatic rings. The zero-order chi connectivity index (χ0) is 44.7. The number of nitrogens with zero attached hydrogens (tertiary/aromatic N) is 2. The van der Waals surface area contributed by atoms with Crippen molar-refractivity contribution < 1.29 is 28.5 Å². The van der Waals surface area contributed by atoms with Crippen LogP contribution in [0.3, 0.4) is 0 Å². The van der Waals surface area contributed by atoms with E-state index < -0.39 is 11.9 Å². The monoisotopic (exact) mass is 844 g/mol. The minimum atomic E-state index is -0.566. The molecule has 0 radical (unpaired) electrons. The van der Waals surface area contributed by atoms with E-state index in [-0.39, 0.29) is 0 Å². The van der Waals surface area contributed by atoms with Gasteiger partial charge in [0.05, 0.1) is 13.2 Å². The highest BCUT2D eigenvalue weighted by Crippen LogP contribution is 2.43. The van der Waals surface area contributed by atoms with Gasteiger partial charge in [-0.25, -0.2) is 9.59 Å². The Morgan fingerprint density at radius 2 is 0.734 bits per heavy atom. The molecule has 0 saturated carbocycles. The number of benzene rings is 8. The van der Waals surface area contributed by atoms with Crippen LogP contribution in [0.15, 0.2) is 183 Å². The molecule has 0 fully saturated rings. The highest BCUT2D eigenvalue weighted by Gasteiger charge is 2.19. The van der Waals surface area contributed by atoms with E-state index in [2.05, 4.69) is 146 Å². The quantitative estimate of drug-likeness (QED) is 0.0574. The van der Waals surface area contributed by atoms with Crippen molar-refractivity contribution >= 4 is 67.6 Å². The highest BCUT2D eigenvalue weighted by molar-refractivity contribution is 5.96. The molecule has 0 aliphatic carbocycles. The molecular weight excluding hydrogens is 797 g/mol. The van der Waals surface area contributed by atoms with Gasteiger partial charge in [-0.05, 0) is 157 Å². The van der Waals surface area contributed by atoms with Gasteiger partial charge in [-0.15, -0.1) is 0 Å². The van der Waals surface area contributed by atoms with Crippen molar-refractivity contribution in [3.05, 3.63) is 194 Å². The zero-order valence-electron chi connectivity index (χ0n) is 36.3. The standard InChI is InChI=1S/C56H48N2O6/c1-7-55(59)63-53-33-41-19-29-49(31-43(41)35-51(53)61-9-3)58(50-30-20-42-34-54(64-56(60)8-2)52(62-10-4)36-44(42)32-50)48-27-17-40(18-28-48)39-15-25-47(26-16-39)57(45-21-11-37(5)12-22-45)46-23-13-38(6)14-24-46/h7-8,11-36H,1-2,9-10H2,3-6H3. The molecular formula is C56H48N2O6. The Morgan fingerprint density at radius 3 is 1.08 bits per heavy atom. The average Bonchev–Trinajstić information content (AvgIpc) is 3.31. The fraction of sp³-hybridized carbons (Fsp3) is 0.107. The van der Waals surface area contributed by atoms with Crippen molar-refractivity contribution in [3.8, 4) is 34.1 Å². The Hall–Kier alpha value is -8.10. The van der Waals surface area contributed by atoms with Crippen molar-refractivity contribution in [2.75, 3.05) is 23.0 Å². The van der Waals surface area contributed by atoms with Crippen LogP contribution in [0, 0.1) is 13.8 Å². The van der Waals surface area contributed by atoms with E-state index in [1.54, 1.807) is 12.1 Å². The summed E-state index contributed by atoms with van der Waals surface area (Å²) >= 11 is 0. The van der Waals surface area contributed by atoms with E-state index in [0.717, 1.165) is 78.9 Å². The summed E-state index contributed by atoms with van der Waals surface area (Å²) in [6.45, 7) is 15.8. The Labute approximate surface area is 373 Å². The zero-order valence-corrected chi connectivity index (χ0v) is 36.3. The Kier molecular flexibility index (Phi) is 12.6. The van der Waals surface area contributed by atoms with Crippen molar-refractivity contribution in [2.24, 2.45) is 0 Å². The molecule has 8 heteroatoms. The lowest BCUT2D eigenvalue weighted by Gasteiger charge is -2.27. The normalized spacial score (nSPS) is 10.9. The predicted molar refractivity (Wildman–Crippen MR) is 260 cm³/mol. The highest BCUT2D eigenvalue weighted by atomic mass is 16.6. The van der Waals surface area contributed by atoms with Gasteiger partial charge >= 0.3 is 11.9 Å². The van der Waals surface area contributed by atoms with Crippen molar-refractivity contribution in [1.82, 2.24) is 0 Å². The summed E-state index contributed by atoms with van der Waals surface area (Å²) < 4.78 is 23.0. The molecule has 0 bridgehead atoms. The molecule has 0 amide bonds. The number of hydrogen-bond donors (Lipinski definition) is 0. The van der Waals surface area contributed by atoms with Crippen LogP contribution in [0.1, 0.15) is 25.0 Å². The molecule has 0 heterocycles. The maximum Gasteiger partial charge on any atom is 0.335 e. The minimum absolute atomic E-state index is 0.322. The Balaban J connectivity index is 1.19. The first-order valence-corrected chi connectivity index (χ1v) is 21.2. The van der Waals surface area contributed by atoms with Gasteiger partial charge in [0.1, 0.15) is 0 Å². The van der Waals surface area contributed by atoms with Crippen molar-refractivity contribution in [3.63, 3.8) is 0 Å². The maximum atomic E-state index is 12.2. The fourth-order valence-corrected chi connectivity index (χ4v) is 7.65. The van der Waals surface area contributed by atoms with Crippen LogP contribution in [0.25, 0.3) is 32.7 Å². The van der Waals surface area contributed by atoms with Gasteiger partial charge in [-0.3, -0.25) is 0 Å². The first-order valence-electron chi connectivity index (χ1n) is 21.2. The van der Waals surface area contributed by atoms with Gasteiger partial charge in [0.15, 0.2) is 23.0 Å². The number of aryl methyl sites for hydroxylation is 2. The third kappa shape index (κ3) is 9.22. The number of anilines is 6. The lowest BCUT2D eigenvalue weighted by molar-refractivity contribution is -0.130. The van der Waals surface area contributed by atoms with Crippen LogP contribution in [0.4, 0.5) is 34.1 Å². The number of carbonyl (C=O) groups is 2. The van der Waals surface area contributed by atoms with Gasteiger partial charge in [-0.2, -0.15) is 0 Å². The molecule has 8 aromatic carbocycles. The van der Waals surface area contributed by atoms with Crippen molar-refractivity contribution in [2.45, 2.75) is 27.7 Å². The number of carbonyl (C=O) groups excluding carboxylic acids is 2. The predicted octanol–water partition coefficient (Wildman–Crippen LogP) is 14.2. The molecule has 0 saturated heterocycles. The number of hydrogen-bond acceptors (Lipinski definition) is 8. The molecule has 8 rings (SSSR count). The molecule has 0 spiro atoms. The van der Waals surface area contributed by atoms with Gasteiger partial charge in [0.2, 0.25) is 0 Å². The van der Waals surface area contributed by atoms with Crippen LogP contribution in [-0.4, -0.2) is 25.2 Å². The molecule has 8 aromatic rings. The molecule has 64 heavy (non-hydrogen) atoms. The number of fused-ring (bicyclic) bond motifs is 2. The summed E-state index contributed by atoms with van der Waals surface area (Å²) in [7, 11) is 0. The summed E-state index contributed by atoms with van der Waals surface area (Å²) in [5, 5.41) is 3.50. The lowest BCUT2D eigenvalue weighted by atomic mass is 10.0. The third-order valence-electron chi connectivity index (χ3n) is 10.8. The molecule has 0 aromatic heterocycles.